The van der Waals surface area contributed by atoms with Gasteiger partial charge in [-0.25, -0.2) is 0 Å². The van der Waals surface area contributed by atoms with E-state index in [9.17, 15) is 5.11 Å². The molecule has 7 aliphatic rings. The quantitative estimate of drug-likeness (QED) is 0.672. The molecule has 1 N–H and O–H groups in total. The van der Waals surface area contributed by atoms with Gasteiger partial charge in [0.2, 0.25) is 5.79 Å². The van der Waals surface area contributed by atoms with Crippen LogP contribution in [0.4, 0.5) is 0 Å². The molecular formula is C26H37NO5. The summed E-state index contributed by atoms with van der Waals surface area (Å²) in [6.45, 7) is 2.48. The average molecular weight is 444 g/mol. The zero-order valence-corrected chi connectivity index (χ0v) is 19.4. The molecule has 3 saturated carbocycles. The number of hydrogen-bond donors (Lipinski definition) is 1. The number of piperidine rings is 1. The number of hydrogen-bond acceptors (Lipinski definition) is 6. The molecule has 8 atom stereocenters. The average Bonchev–Trinajstić information content (AvgIpc) is 3.06. The van der Waals surface area contributed by atoms with Gasteiger partial charge in [0.15, 0.2) is 11.9 Å². The number of methoxy groups -OCH3 is 1. The van der Waals surface area contributed by atoms with Crippen molar-refractivity contribution in [3.05, 3.63) is 23.7 Å². The molecule has 6 nitrogen and oxygen atoms in total. The highest BCUT2D eigenvalue weighted by Crippen LogP contribution is 2.72. The monoisotopic (exact) mass is 443 g/mol. The van der Waals surface area contributed by atoms with E-state index in [4.69, 9.17) is 18.9 Å². The summed E-state index contributed by atoms with van der Waals surface area (Å²) in [5.74, 6) is 2.64. The fourth-order valence-electron chi connectivity index (χ4n) is 9.04. The highest BCUT2D eigenvalue weighted by Gasteiger charge is 2.80. The summed E-state index contributed by atoms with van der Waals surface area (Å²) >= 11 is 0. The van der Waals surface area contributed by atoms with Crippen LogP contribution in [0.5, 0.6) is 0 Å². The molecule has 3 heterocycles. The van der Waals surface area contributed by atoms with Crippen LogP contribution >= 0.6 is 0 Å². The third-order valence-electron chi connectivity index (χ3n) is 10.6. The molecule has 7 rings (SSSR count). The van der Waals surface area contributed by atoms with Gasteiger partial charge in [-0.2, -0.15) is 0 Å². The van der Waals surface area contributed by atoms with Crippen molar-refractivity contribution in [1.82, 2.24) is 4.90 Å². The molecule has 0 aromatic heterocycles. The Morgan fingerprint density at radius 1 is 1.09 bits per heavy atom. The highest BCUT2D eigenvalue weighted by atomic mass is 16.7. The number of fused-ring (bicyclic) bond motifs is 2. The minimum Gasteiger partial charge on any atom is -0.493 e. The topological polar surface area (TPSA) is 60.4 Å². The summed E-state index contributed by atoms with van der Waals surface area (Å²) < 4.78 is 26.3. The van der Waals surface area contributed by atoms with Gasteiger partial charge in [0.05, 0.1) is 31.3 Å². The van der Waals surface area contributed by atoms with Crippen molar-refractivity contribution in [2.75, 3.05) is 33.9 Å². The molecule has 0 amide bonds. The Labute approximate surface area is 190 Å². The lowest BCUT2D eigenvalue weighted by Gasteiger charge is -2.67. The Balaban J connectivity index is 1.36. The molecule has 5 unspecified atom stereocenters. The van der Waals surface area contributed by atoms with Crippen LogP contribution in [0.25, 0.3) is 0 Å². The van der Waals surface area contributed by atoms with Crippen molar-refractivity contribution in [3.8, 4) is 0 Å². The van der Waals surface area contributed by atoms with Gasteiger partial charge in [0, 0.05) is 18.4 Å². The van der Waals surface area contributed by atoms with E-state index in [1.54, 1.807) is 7.11 Å². The Morgan fingerprint density at radius 2 is 1.84 bits per heavy atom. The lowest BCUT2D eigenvalue weighted by molar-refractivity contribution is -0.357. The Hall–Kier alpha value is -1.08. The van der Waals surface area contributed by atoms with Crippen LogP contribution in [0.3, 0.4) is 0 Å². The van der Waals surface area contributed by atoms with Crippen molar-refractivity contribution in [2.24, 2.45) is 29.1 Å². The second kappa shape index (κ2) is 6.74. The number of aliphatic hydroxyl groups is 1. The molecule has 6 heteroatoms. The van der Waals surface area contributed by atoms with E-state index in [0.29, 0.717) is 30.6 Å². The van der Waals surface area contributed by atoms with E-state index in [0.717, 1.165) is 44.1 Å². The van der Waals surface area contributed by atoms with Gasteiger partial charge in [-0.05, 0) is 69.5 Å². The van der Waals surface area contributed by atoms with Gasteiger partial charge in [-0.15, -0.1) is 0 Å². The summed E-state index contributed by atoms with van der Waals surface area (Å²) in [7, 11) is 3.90. The first-order valence-corrected chi connectivity index (χ1v) is 12.9. The van der Waals surface area contributed by atoms with E-state index < -0.39 is 16.8 Å². The lowest BCUT2D eigenvalue weighted by atomic mass is 9.43. The maximum atomic E-state index is 12.5. The van der Waals surface area contributed by atoms with E-state index in [1.807, 2.05) is 0 Å². The summed E-state index contributed by atoms with van der Waals surface area (Å²) in [6.07, 6.45) is 12.4. The lowest BCUT2D eigenvalue weighted by Crippen LogP contribution is -2.78. The predicted molar refractivity (Wildman–Crippen MR) is 117 cm³/mol. The molecule has 2 spiro atoms. The van der Waals surface area contributed by atoms with Gasteiger partial charge in [-0.1, -0.05) is 18.9 Å². The largest absolute Gasteiger partial charge is 0.493 e. The zero-order valence-electron chi connectivity index (χ0n) is 19.4. The van der Waals surface area contributed by atoms with Gasteiger partial charge in [-0.3, -0.25) is 0 Å². The first-order valence-electron chi connectivity index (χ1n) is 12.9. The maximum absolute atomic E-state index is 12.5. The van der Waals surface area contributed by atoms with Crippen LogP contribution in [0, 0.1) is 29.1 Å². The van der Waals surface area contributed by atoms with E-state index in [-0.39, 0.29) is 18.1 Å². The van der Waals surface area contributed by atoms with Crippen molar-refractivity contribution in [2.45, 2.75) is 74.9 Å². The third-order valence-corrected chi connectivity index (χ3v) is 10.6. The molecule has 3 aliphatic heterocycles. The van der Waals surface area contributed by atoms with Crippen LogP contribution in [0.2, 0.25) is 0 Å². The summed E-state index contributed by atoms with van der Waals surface area (Å²) in [6, 6.07) is 0.141. The van der Waals surface area contributed by atoms with Gasteiger partial charge >= 0.3 is 0 Å². The molecule has 3 saturated heterocycles. The Kier molecular flexibility index (Phi) is 4.28. The van der Waals surface area contributed by atoms with Crippen molar-refractivity contribution in [3.63, 3.8) is 0 Å². The number of rotatable bonds is 1. The SMILES string of the molecule is COC1=C2O[C@H]3C4(CCC5(O)[C@H]6CC(C=C1)C2[C@@]35CCN6C)OCC1CCCCC1CO4. The highest BCUT2D eigenvalue weighted by molar-refractivity contribution is 5.39. The second-order valence-electron chi connectivity index (χ2n) is 11.6. The molecule has 6 fully saturated rings. The molecule has 0 radical (unpaired) electrons. The van der Waals surface area contributed by atoms with E-state index >= 15 is 0 Å². The Bertz CT molecular complexity index is 854. The standard InChI is InChI=1S/C26H37NO5/c1-27-12-11-24-21-16-7-8-19(29-2)22(21)32-23(24)26(10-9-25(24,28)20(27)13-16)30-14-17-5-3-4-6-18(17)15-31-26/h7-8,16-18,20-21,23,28H,3-6,9-15H2,1-2H3/t16?,17?,18?,20-,21?,23-,24+,25?,26?/m1/s1. The Morgan fingerprint density at radius 3 is 2.56 bits per heavy atom. The molecule has 4 aliphatic carbocycles. The molecule has 0 aromatic rings. The number of likely N-dealkylation sites (N-methyl/N-ethyl adjacent to an activating group) is 1. The van der Waals surface area contributed by atoms with E-state index in [2.05, 4.69) is 24.1 Å². The van der Waals surface area contributed by atoms with Crippen LogP contribution in [0.15, 0.2) is 23.7 Å². The summed E-state index contributed by atoms with van der Waals surface area (Å²) in [4.78, 5) is 2.39. The molecule has 176 valence electrons. The number of allylic oxidation sites excluding steroid dienone is 3. The third kappa shape index (κ3) is 2.30. The minimum absolute atomic E-state index is 0.136. The van der Waals surface area contributed by atoms with Crippen molar-refractivity contribution < 1.29 is 24.1 Å². The fraction of sp³-hybridized carbons (Fsp3) is 0.846. The van der Waals surface area contributed by atoms with Gasteiger partial charge in [0.25, 0.3) is 0 Å². The van der Waals surface area contributed by atoms with Gasteiger partial charge < -0.3 is 29.0 Å². The zero-order chi connectivity index (χ0) is 21.7. The molecule has 2 bridgehead atoms. The van der Waals surface area contributed by atoms with Crippen LogP contribution < -0.4 is 0 Å². The van der Waals surface area contributed by atoms with Gasteiger partial charge in [0.1, 0.15) is 5.76 Å². The number of ether oxygens (including phenoxy) is 4. The molecule has 32 heavy (non-hydrogen) atoms. The minimum atomic E-state index is -0.797. The first-order chi connectivity index (χ1) is 15.5. The molecular weight excluding hydrogens is 406 g/mol. The molecule has 0 aromatic carbocycles. The summed E-state index contributed by atoms with van der Waals surface area (Å²) in [5.41, 5.74) is -1.20. The smallest absolute Gasteiger partial charge is 0.206 e. The van der Waals surface area contributed by atoms with Crippen LogP contribution in [-0.2, 0) is 18.9 Å². The van der Waals surface area contributed by atoms with Crippen LogP contribution in [0.1, 0.15) is 51.4 Å². The van der Waals surface area contributed by atoms with Crippen molar-refractivity contribution in [1.29, 1.82) is 0 Å². The number of likely N-dealkylation sites (tertiary alicyclic amines) is 1. The maximum Gasteiger partial charge on any atom is 0.206 e. The number of nitrogens with zero attached hydrogens (tertiary/aromatic N) is 1. The first kappa shape index (κ1) is 20.3. The normalized spacial score (nSPS) is 54.0. The second-order valence-corrected chi connectivity index (χ2v) is 11.6. The fourth-order valence-corrected chi connectivity index (χ4v) is 9.04. The van der Waals surface area contributed by atoms with E-state index in [1.165, 1.54) is 25.7 Å². The van der Waals surface area contributed by atoms with Crippen molar-refractivity contribution >= 4 is 0 Å². The summed E-state index contributed by atoms with van der Waals surface area (Å²) in [5, 5.41) is 12.5. The van der Waals surface area contributed by atoms with Crippen LogP contribution in [-0.4, -0.2) is 67.5 Å². The predicted octanol–water partition coefficient (Wildman–Crippen LogP) is 3.21.